The van der Waals surface area contributed by atoms with Crippen LogP contribution in [0.3, 0.4) is 0 Å². The predicted molar refractivity (Wildman–Crippen MR) is 53.4 cm³/mol. The Kier molecular flexibility index (Phi) is 2.73. The van der Waals surface area contributed by atoms with Crippen LogP contribution in [0, 0.1) is 5.82 Å². The highest BCUT2D eigenvalue weighted by Crippen LogP contribution is 2.04. The Balaban J connectivity index is 2.14. The first-order valence-electron chi connectivity index (χ1n) is 4.59. The number of pyridine rings is 1. The van der Waals surface area contributed by atoms with E-state index >= 15 is 0 Å². The molecule has 0 radical (unpaired) electrons. The lowest BCUT2D eigenvalue weighted by molar-refractivity contribution is 0.611. The summed E-state index contributed by atoms with van der Waals surface area (Å²) in [6, 6.07) is 1.44. The van der Waals surface area contributed by atoms with Crippen molar-refractivity contribution in [2.45, 2.75) is 13.1 Å². The monoisotopic (exact) mass is 206 g/mol. The maximum Gasteiger partial charge on any atom is 0.141 e. The molecule has 0 aromatic carbocycles. The first kappa shape index (κ1) is 9.79. The van der Waals surface area contributed by atoms with Gasteiger partial charge in [0.2, 0.25) is 0 Å². The average molecular weight is 206 g/mol. The topological polar surface area (TPSA) is 56.7 Å². The molecule has 78 valence electrons. The Labute approximate surface area is 86.6 Å². The molecule has 0 aliphatic heterocycles. The van der Waals surface area contributed by atoms with Crippen molar-refractivity contribution in [1.82, 2.24) is 14.8 Å². The largest absolute Gasteiger partial charge is 0.326 e. The zero-order chi connectivity index (χ0) is 10.7. The van der Waals surface area contributed by atoms with E-state index in [1.54, 1.807) is 17.1 Å². The average Bonchev–Trinajstić information content (AvgIpc) is 2.65. The molecule has 2 heterocycles. The Hall–Kier alpha value is -1.75. The van der Waals surface area contributed by atoms with E-state index in [1.807, 2.05) is 6.20 Å². The lowest BCUT2D eigenvalue weighted by Crippen LogP contribution is -2.01. The zero-order valence-electron chi connectivity index (χ0n) is 8.10. The molecule has 4 nitrogen and oxygen atoms in total. The van der Waals surface area contributed by atoms with Crippen LogP contribution in [0.4, 0.5) is 4.39 Å². The summed E-state index contributed by atoms with van der Waals surface area (Å²) in [5.41, 5.74) is 7.19. The number of halogens is 1. The summed E-state index contributed by atoms with van der Waals surface area (Å²) >= 11 is 0. The van der Waals surface area contributed by atoms with Gasteiger partial charge in [0.15, 0.2) is 0 Å². The summed E-state index contributed by atoms with van der Waals surface area (Å²) in [6.07, 6.45) is 6.34. The molecule has 2 rings (SSSR count). The molecule has 15 heavy (non-hydrogen) atoms. The molecule has 2 aromatic rings. The van der Waals surface area contributed by atoms with Gasteiger partial charge in [-0.1, -0.05) is 0 Å². The first-order chi connectivity index (χ1) is 7.28. The Morgan fingerprint density at radius 3 is 2.80 bits per heavy atom. The standard InChI is InChI=1S/C10H11FN4/c11-10-1-8(3-13-5-10)6-15-7-9(2-12)4-14-15/h1,3-5,7H,2,6,12H2. The van der Waals surface area contributed by atoms with Crippen molar-refractivity contribution in [3.8, 4) is 0 Å². The maximum absolute atomic E-state index is 12.8. The van der Waals surface area contributed by atoms with Gasteiger partial charge in [0.05, 0.1) is 18.9 Å². The van der Waals surface area contributed by atoms with Gasteiger partial charge in [-0.3, -0.25) is 9.67 Å². The van der Waals surface area contributed by atoms with Crippen LogP contribution >= 0.6 is 0 Å². The minimum atomic E-state index is -0.335. The lowest BCUT2D eigenvalue weighted by Gasteiger charge is -2.00. The van der Waals surface area contributed by atoms with E-state index < -0.39 is 0 Å². The highest BCUT2D eigenvalue weighted by atomic mass is 19.1. The van der Waals surface area contributed by atoms with Gasteiger partial charge in [-0.05, 0) is 11.6 Å². The summed E-state index contributed by atoms with van der Waals surface area (Å²) in [6.45, 7) is 0.964. The van der Waals surface area contributed by atoms with Crippen molar-refractivity contribution in [3.63, 3.8) is 0 Å². The third kappa shape index (κ3) is 2.38. The van der Waals surface area contributed by atoms with Crippen LogP contribution in [0.5, 0.6) is 0 Å². The van der Waals surface area contributed by atoms with Gasteiger partial charge in [0.25, 0.3) is 0 Å². The second-order valence-electron chi connectivity index (χ2n) is 3.26. The molecule has 0 amide bonds. The highest BCUT2D eigenvalue weighted by molar-refractivity contribution is 5.11. The molecule has 0 atom stereocenters. The van der Waals surface area contributed by atoms with Crippen molar-refractivity contribution in [1.29, 1.82) is 0 Å². The van der Waals surface area contributed by atoms with Gasteiger partial charge in [-0.25, -0.2) is 4.39 Å². The molecule has 0 bridgehead atoms. The van der Waals surface area contributed by atoms with Crippen molar-refractivity contribution in [2.75, 3.05) is 0 Å². The molecule has 0 saturated heterocycles. The second kappa shape index (κ2) is 4.18. The van der Waals surface area contributed by atoms with Crippen molar-refractivity contribution in [3.05, 3.63) is 47.8 Å². The molecule has 2 aromatic heterocycles. The van der Waals surface area contributed by atoms with Crippen molar-refractivity contribution < 1.29 is 4.39 Å². The number of aromatic nitrogens is 3. The van der Waals surface area contributed by atoms with Gasteiger partial charge in [0.1, 0.15) is 5.82 Å². The van der Waals surface area contributed by atoms with Crippen molar-refractivity contribution in [2.24, 2.45) is 5.73 Å². The summed E-state index contributed by atoms with van der Waals surface area (Å²) in [4.78, 5) is 3.77. The van der Waals surface area contributed by atoms with E-state index in [1.165, 1.54) is 12.3 Å². The summed E-state index contributed by atoms with van der Waals surface area (Å²) in [5.74, 6) is -0.335. The smallest absolute Gasteiger partial charge is 0.141 e. The molecule has 2 N–H and O–H groups in total. The van der Waals surface area contributed by atoms with Crippen LogP contribution in [-0.2, 0) is 13.1 Å². The fraction of sp³-hybridized carbons (Fsp3) is 0.200. The predicted octanol–water partition coefficient (Wildman–Crippen LogP) is 0.924. The number of hydrogen-bond acceptors (Lipinski definition) is 3. The van der Waals surface area contributed by atoms with Gasteiger partial charge in [0, 0.05) is 24.5 Å². The quantitative estimate of drug-likeness (QED) is 0.812. The fourth-order valence-corrected chi connectivity index (χ4v) is 1.33. The molecular formula is C10H11FN4. The number of nitrogens with two attached hydrogens (primary N) is 1. The van der Waals surface area contributed by atoms with Crippen LogP contribution in [0.15, 0.2) is 30.9 Å². The Morgan fingerprint density at radius 2 is 2.13 bits per heavy atom. The number of hydrogen-bond donors (Lipinski definition) is 1. The second-order valence-corrected chi connectivity index (χ2v) is 3.26. The van der Waals surface area contributed by atoms with Crippen molar-refractivity contribution >= 4 is 0 Å². The third-order valence-corrected chi connectivity index (χ3v) is 2.03. The van der Waals surface area contributed by atoms with Crippen LogP contribution in [0.1, 0.15) is 11.1 Å². The third-order valence-electron chi connectivity index (χ3n) is 2.03. The van der Waals surface area contributed by atoms with Gasteiger partial charge in [-0.15, -0.1) is 0 Å². The van der Waals surface area contributed by atoms with E-state index in [9.17, 15) is 4.39 Å². The van der Waals surface area contributed by atoms with Crippen LogP contribution < -0.4 is 5.73 Å². The Morgan fingerprint density at radius 1 is 1.27 bits per heavy atom. The van der Waals surface area contributed by atoms with Crippen LogP contribution in [0.2, 0.25) is 0 Å². The summed E-state index contributed by atoms with van der Waals surface area (Å²) < 4.78 is 14.5. The first-order valence-corrected chi connectivity index (χ1v) is 4.59. The minimum absolute atomic E-state index is 0.335. The fourth-order valence-electron chi connectivity index (χ4n) is 1.33. The Bertz CT molecular complexity index is 452. The molecule has 5 heteroatoms. The molecular weight excluding hydrogens is 195 g/mol. The lowest BCUT2D eigenvalue weighted by atomic mass is 10.3. The van der Waals surface area contributed by atoms with Gasteiger partial charge >= 0.3 is 0 Å². The number of nitrogens with zero attached hydrogens (tertiary/aromatic N) is 3. The summed E-state index contributed by atoms with van der Waals surface area (Å²) in [7, 11) is 0. The van der Waals surface area contributed by atoms with E-state index in [-0.39, 0.29) is 5.82 Å². The number of rotatable bonds is 3. The SMILES string of the molecule is NCc1cnn(Cc2cncc(F)c2)c1. The van der Waals surface area contributed by atoms with Crippen LogP contribution in [-0.4, -0.2) is 14.8 Å². The normalized spacial score (nSPS) is 10.5. The summed E-state index contributed by atoms with van der Waals surface area (Å²) in [5, 5.41) is 4.10. The van der Waals surface area contributed by atoms with E-state index in [4.69, 9.17) is 5.73 Å². The zero-order valence-corrected chi connectivity index (χ0v) is 8.10. The highest BCUT2D eigenvalue weighted by Gasteiger charge is 1.99. The molecule has 0 aliphatic rings. The van der Waals surface area contributed by atoms with E-state index in [2.05, 4.69) is 10.1 Å². The molecule has 0 saturated carbocycles. The molecule has 0 spiro atoms. The van der Waals surface area contributed by atoms with E-state index in [0.717, 1.165) is 11.1 Å². The molecule has 0 unspecified atom stereocenters. The van der Waals surface area contributed by atoms with Gasteiger partial charge < -0.3 is 5.73 Å². The minimum Gasteiger partial charge on any atom is -0.326 e. The van der Waals surface area contributed by atoms with Crippen LogP contribution in [0.25, 0.3) is 0 Å². The maximum atomic E-state index is 12.8. The molecule has 0 fully saturated rings. The van der Waals surface area contributed by atoms with Gasteiger partial charge in [-0.2, -0.15) is 5.10 Å². The van der Waals surface area contributed by atoms with E-state index in [0.29, 0.717) is 13.1 Å². The molecule has 0 aliphatic carbocycles.